The second kappa shape index (κ2) is 8.69. The molecule has 0 saturated heterocycles. The number of nitrogens with one attached hydrogen (secondary N) is 1. The molecule has 4 rings (SSSR count). The molecule has 0 saturated carbocycles. The fraction of sp³-hybridized carbons (Fsp3) is 0.200. The van der Waals surface area contributed by atoms with Gasteiger partial charge in [-0.25, -0.2) is 8.78 Å². The first-order chi connectivity index (χ1) is 15.7. The topological polar surface area (TPSA) is 56.5 Å². The fourth-order valence-electron chi connectivity index (χ4n) is 4.15. The van der Waals surface area contributed by atoms with Gasteiger partial charge in [0.2, 0.25) is 0 Å². The Labute approximate surface area is 188 Å². The number of hydrogen-bond acceptors (Lipinski definition) is 4. The van der Waals surface area contributed by atoms with Gasteiger partial charge in [-0.3, -0.25) is 0 Å². The van der Waals surface area contributed by atoms with E-state index in [2.05, 4.69) is 10.1 Å². The average molecular weight is 458 g/mol. The number of ether oxygens (including phenoxy) is 2. The summed E-state index contributed by atoms with van der Waals surface area (Å²) in [6.45, 7) is -0.935. The van der Waals surface area contributed by atoms with Crippen LogP contribution < -0.4 is 20.5 Å². The van der Waals surface area contributed by atoms with Crippen LogP contribution in [0.5, 0.6) is 11.5 Å². The second-order valence-electron chi connectivity index (χ2n) is 7.82. The minimum absolute atomic E-state index is 0.0589. The van der Waals surface area contributed by atoms with Crippen molar-refractivity contribution in [3.05, 3.63) is 94.8 Å². The van der Waals surface area contributed by atoms with Crippen LogP contribution in [0.2, 0.25) is 0 Å². The highest BCUT2D eigenvalue weighted by Gasteiger charge is 2.37. The summed E-state index contributed by atoms with van der Waals surface area (Å²) in [5, 5.41) is 3.08. The highest BCUT2D eigenvalue weighted by Crippen LogP contribution is 2.41. The highest BCUT2D eigenvalue weighted by atomic mass is 19.3. The van der Waals surface area contributed by atoms with Crippen LogP contribution in [0, 0.1) is 18.6 Å². The monoisotopic (exact) mass is 458 g/mol. The number of aryl methyl sites for hydroxylation is 1. The predicted molar refractivity (Wildman–Crippen MR) is 117 cm³/mol. The molecule has 8 heteroatoms. The Morgan fingerprint density at radius 3 is 2.18 bits per heavy atom. The van der Waals surface area contributed by atoms with E-state index in [0.29, 0.717) is 29.2 Å². The van der Waals surface area contributed by atoms with Crippen molar-refractivity contribution in [3.63, 3.8) is 0 Å². The zero-order valence-corrected chi connectivity index (χ0v) is 18.0. The van der Waals surface area contributed by atoms with E-state index in [9.17, 15) is 17.6 Å². The van der Waals surface area contributed by atoms with Crippen molar-refractivity contribution in [3.8, 4) is 22.6 Å². The van der Waals surface area contributed by atoms with Gasteiger partial charge in [0.1, 0.15) is 23.1 Å². The number of nitrogens with two attached hydrogens (primary N) is 1. The molecule has 0 radical (unpaired) electrons. The molecule has 0 fully saturated rings. The molecular weight excluding hydrogens is 436 g/mol. The Balaban J connectivity index is 1.87. The summed E-state index contributed by atoms with van der Waals surface area (Å²) in [6, 6.07) is 13.4. The van der Waals surface area contributed by atoms with Crippen molar-refractivity contribution in [2.45, 2.75) is 19.0 Å². The Morgan fingerprint density at radius 1 is 0.939 bits per heavy atom. The van der Waals surface area contributed by atoms with Crippen molar-refractivity contribution >= 4 is 0 Å². The molecule has 1 aliphatic rings. The zero-order valence-electron chi connectivity index (χ0n) is 18.0. The van der Waals surface area contributed by atoms with Crippen molar-refractivity contribution in [1.82, 2.24) is 5.32 Å². The van der Waals surface area contributed by atoms with Crippen LogP contribution in [0.15, 0.2) is 66.5 Å². The third-order valence-electron chi connectivity index (χ3n) is 5.82. The van der Waals surface area contributed by atoms with Crippen molar-refractivity contribution in [1.29, 1.82) is 0 Å². The van der Waals surface area contributed by atoms with Gasteiger partial charge in [0, 0.05) is 17.7 Å². The smallest absolute Gasteiger partial charge is 0.387 e. The van der Waals surface area contributed by atoms with Gasteiger partial charge in [-0.1, -0.05) is 18.2 Å². The fourth-order valence-corrected chi connectivity index (χ4v) is 4.15. The van der Waals surface area contributed by atoms with Gasteiger partial charge in [-0.2, -0.15) is 8.78 Å². The molecule has 0 aliphatic carbocycles. The standard InChI is InChI=1S/C25H22F4N2O2/c1-14-9-15(4-8-22(14)33-24(28)29)25(12-23(30)31-13-25)16-3-6-20(26)18(10-16)19-11-17(32-2)5-7-21(19)27/h3-12,24,31H,13,30H2,1-2H3. The summed E-state index contributed by atoms with van der Waals surface area (Å²) in [5.74, 6) is -0.322. The summed E-state index contributed by atoms with van der Waals surface area (Å²) in [6.07, 6.45) is 1.79. The molecule has 4 nitrogen and oxygen atoms in total. The summed E-state index contributed by atoms with van der Waals surface area (Å²) >= 11 is 0. The normalized spacial score (nSPS) is 17.6. The molecule has 1 aliphatic heterocycles. The van der Waals surface area contributed by atoms with Crippen LogP contribution in [-0.4, -0.2) is 20.3 Å². The molecule has 1 unspecified atom stereocenters. The predicted octanol–water partition coefficient (Wildman–Crippen LogP) is 5.24. The van der Waals surface area contributed by atoms with Crippen LogP contribution in [0.3, 0.4) is 0 Å². The van der Waals surface area contributed by atoms with Crippen molar-refractivity contribution in [2.24, 2.45) is 5.73 Å². The van der Waals surface area contributed by atoms with Crippen LogP contribution in [0.1, 0.15) is 16.7 Å². The van der Waals surface area contributed by atoms with E-state index in [0.717, 1.165) is 5.56 Å². The summed E-state index contributed by atoms with van der Waals surface area (Å²) in [4.78, 5) is 0. The van der Waals surface area contributed by atoms with Gasteiger partial charge in [0.25, 0.3) is 0 Å². The third kappa shape index (κ3) is 4.20. The minimum atomic E-state index is -2.94. The maximum absolute atomic E-state index is 14.8. The molecule has 3 aromatic rings. The second-order valence-corrected chi connectivity index (χ2v) is 7.82. The molecule has 1 heterocycles. The summed E-state index contributed by atoms with van der Waals surface area (Å²) in [5.41, 5.74) is 7.21. The van der Waals surface area contributed by atoms with Crippen molar-refractivity contribution in [2.75, 3.05) is 13.7 Å². The first-order valence-corrected chi connectivity index (χ1v) is 10.2. The number of benzene rings is 3. The van der Waals surface area contributed by atoms with Gasteiger partial charge in [-0.15, -0.1) is 0 Å². The Hall–Kier alpha value is -3.68. The third-order valence-corrected chi connectivity index (χ3v) is 5.82. The lowest BCUT2D eigenvalue weighted by Gasteiger charge is -2.29. The maximum Gasteiger partial charge on any atom is 0.387 e. The van der Waals surface area contributed by atoms with E-state index >= 15 is 0 Å². The molecule has 33 heavy (non-hydrogen) atoms. The lowest BCUT2D eigenvalue weighted by atomic mass is 9.74. The zero-order chi connectivity index (χ0) is 23.8. The highest BCUT2D eigenvalue weighted by molar-refractivity contribution is 5.69. The summed E-state index contributed by atoms with van der Waals surface area (Å²) in [7, 11) is 1.44. The van der Waals surface area contributed by atoms with E-state index < -0.39 is 23.7 Å². The molecule has 0 spiro atoms. The number of alkyl halides is 2. The van der Waals surface area contributed by atoms with Gasteiger partial charge in [0.05, 0.1) is 18.3 Å². The van der Waals surface area contributed by atoms with Crippen LogP contribution in [0.4, 0.5) is 17.6 Å². The average Bonchev–Trinajstić information content (AvgIpc) is 3.18. The molecule has 3 aromatic carbocycles. The van der Waals surface area contributed by atoms with Gasteiger partial charge in [0.15, 0.2) is 0 Å². The molecule has 0 amide bonds. The molecule has 0 bridgehead atoms. The lowest BCUT2D eigenvalue weighted by Crippen LogP contribution is -2.31. The number of methoxy groups -OCH3 is 1. The molecular formula is C25H22F4N2O2. The van der Waals surface area contributed by atoms with Crippen molar-refractivity contribution < 1.29 is 27.0 Å². The van der Waals surface area contributed by atoms with Crippen LogP contribution in [-0.2, 0) is 5.41 Å². The quantitative estimate of drug-likeness (QED) is 0.496. The van der Waals surface area contributed by atoms with Crippen LogP contribution >= 0.6 is 0 Å². The number of halogens is 4. The molecule has 172 valence electrons. The largest absolute Gasteiger partial charge is 0.497 e. The minimum Gasteiger partial charge on any atom is -0.497 e. The van der Waals surface area contributed by atoms with E-state index in [1.165, 1.54) is 37.4 Å². The van der Waals surface area contributed by atoms with Gasteiger partial charge >= 0.3 is 6.61 Å². The molecule has 3 N–H and O–H groups in total. The number of rotatable bonds is 6. The Bertz CT molecular complexity index is 1230. The first kappa shape index (κ1) is 22.5. The maximum atomic E-state index is 14.8. The molecule has 1 atom stereocenters. The van der Waals surface area contributed by atoms with E-state index in [4.69, 9.17) is 10.5 Å². The Morgan fingerprint density at radius 2 is 1.58 bits per heavy atom. The number of hydrogen-bond donors (Lipinski definition) is 2. The van der Waals surface area contributed by atoms with Gasteiger partial charge < -0.3 is 20.5 Å². The Kier molecular flexibility index (Phi) is 5.93. The van der Waals surface area contributed by atoms with E-state index in [-0.39, 0.29) is 16.9 Å². The first-order valence-electron chi connectivity index (χ1n) is 10.2. The van der Waals surface area contributed by atoms with E-state index in [1.54, 1.807) is 37.3 Å². The van der Waals surface area contributed by atoms with Gasteiger partial charge in [-0.05, 0) is 66.1 Å². The van der Waals surface area contributed by atoms with Crippen LogP contribution in [0.25, 0.3) is 11.1 Å². The van der Waals surface area contributed by atoms with E-state index in [1.807, 2.05) is 0 Å². The SMILES string of the molecule is COc1ccc(F)c(-c2cc(C3(c4ccc(OC(F)F)c(C)c4)C=C(N)NC3)ccc2F)c1. The summed E-state index contributed by atoms with van der Waals surface area (Å²) < 4.78 is 64.6. The lowest BCUT2D eigenvalue weighted by molar-refractivity contribution is -0.0503. The molecule has 0 aromatic heterocycles.